The Morgan fingerprint density at radius 2 is 2.11 bits per heavy atom. The lowest BCUT2D eigenvalue weighted by Crippen LogP contribution is -2.15. The number of ether oxygens (including phenoxy) is 1. The molecule has 1 rings (SSSR count). The Labute approximate surface area is 106 Å². The van der Waals surface area contributed by atoms with Gasteiger partial charge >= 0.3 is 5.97 Å². The Bertz CT molecular complexity index is 456. The van der Waals surface area contributed by atoms with Crippen LogP contribution in [0.3, 0.4) is 0 Å². The number of carbonyl (C=O) groups is 2. The summed E-state index contributed by atoms with van der Waals surface area (Å²) in [4.78, 5) is 22.0. The molecular weight excluding hydrogens is 234 g/mol. The molecule has 5 heteroatoms. The minimum absolute atomic E-state index is 0.219. The third-order valence-corrected chi connectivity index (χ3v) is 2.58. The molecule has 1 amide bonds. The molecule has 0 aliphatic heterocycles. The van der Waals surface area contributed by atoms with Gasteiger partial charge in [0.15, 0.2) is 0 Å². The van der Waals surface area contributed by atoms with Crippen LogP contribution in [0, 0.1) is 5.92 Å². The molecular formula is C13H17NO4. The summed E-state index contributed by atoms with van der Waals surface area (Å²) in [6.07, 6.45) is 0.335. The fourth-order valence-corrected chi connectivity index (χ4v) is 1.65. The number of amides is 1. The average molecular weight is 251 g/mol. The number of aliphatic carboxylic acids is 1. The lowest BCUT2D eigenvalue weighted by atomic mass is 9.99. The summed E-state index contributed by atoms with van der Waals surface area (Å²) in [6, 6.07) is 5.28. The summed E-state index contributed by atoms with van der Waals surface area (Å²) in [7, 11) is 1.51. The smallest absolute Gasteiger partial charge is 0.306 e. The highest BCUT2D eigenvalue weighted by Gasteiger charge is 2.16. The van der Waals surface area contributed by atoms with Crippen LogP contribution in [-0.2, 0) is 16.0 Å². The normalized spacial score (nSPS) is 11.7. The zero-order valence-corrected chi connectivity index (χ0v) is 10.7. The van der Waals surface area contributed by atoms with E-state index in [0.29, 0.717) is 17.9 Å². The summed E-state index contributed by atoms with van der Waals surface area (Å²) in [5.74, 6) is -1.08. The minimum Gasteiger partial charge on any atom is -0.495 e. The Hall–Kier alpha value is -2.04. The molecule has 2 N–H and O–H groups in total. The number of hydrogen-bond acceptors (Lipinski definition) is 3. The molecule has 18 heavy (non-hydrogen) atoms. The molecule has 0 bridgehead atoms. The van der Waals surface area contributed by atoms with Gasteiger partial charge in [-0.1, -0.05) is 19.1 Å². The van der Waals surface area contributed by atoms with E-state index in [2.05, 4.69) is 5.32 Å². The number of benzene rings is 1. The van der Waals surface area contributed by atoms with Crippen LogP contribution in [-0.4, -0.2) is 24.1 Å². The molecule has 1 aromatic rings. The highest BCUT2D eigenvalue weighted by Crippen LogP contribution is 2.30. The zero-order valence-electron chi connectivity index (χ0n) is 10.7. The van der Waals surface area contributed by atoms with Crippen molar-refractivity contribution in [2.45, 2.75) is 20.3 Å². The van der Waals surface area contributed by atoms with Crippen LogP contribution in [0.2, 0.25) is 0 Å². The van der Waals surface area contributed by atoms with E-state index in [1.165, 1.54) is 14.0 Å². The van der Waals surface area contributed by atoms with Gasteiger partial charge in [0, 0.05) is 6.92 Å². The van der Waals surface area contributed by atoms with E-state index in [0.717, 1.165) is 5.56 Å². The maximum atomic E-state index is 11.2. The van der Waals surface area contributed by atoms with E-state index < -0.39 is 11.9 Å². The predicted molar refractivity (Wildman–Crippen MR) is 67.8 cm³/mol. The molecule has 0 saturated heterocycles. The van der Waals surface area contributed by atoms with Crippen LogP contribution < -0.4 is 10.1 Å². The van der Waals surface area contributed by atoms with Gasteiger partial charge in [-0.25, -0.2) is 0 Å². The standard InChI is InChI=1S/C13H17NO4/c1-8(13(16)17)7-10-5-4-6-11(18-3)12(10)14-9(2)15/h4-6,8H,7H2,1-3H3,(H,14,15)(H,16,17). The van der Waals surface area contributed by atoms with E-state index >= 15 is 0 Å². The van der Waals surface area contributed by atoms with Crippen molar-refractivity contribution in [3.05, 3.63) is 23.8 Å². The SMILES string of the molecule is COc1cccc(CC(C)C(=O)O)c1NC(C)=O. The second-order valence-corrected chi connectivity index (χ2v) is 4.12. The molecule has 1 aromatic carbocycles. The summed E-state index contributed by atoms with van der Waals surface area (Å²) in [5.41, 5.74) is 1.29. The molecule has 1 unspecified atom stereocenters. The molecule has 98 valence electrons. The van der Waals surface area contributed by atoms with Crippen LogP contribution in [0.5, 0.6) is 5.75 Å². The van der Waals surface area contributed by atoms with Gasteiger partial charge in [0.05, 0.1) is 18.7 Å². The van der Waals surface area contributed by atoms with Gasteiger partial charge in [-0.2, -0.15) is 0 Å². The monoisotopic (exact) mass is 251 g/mol. The molecule has 0 heterocycles. The van der Waals surface area contributed by atoms with Crippen molar-refractivity contribution >= 4 is 17.6 Å². The van der Waals surface area contributed by atoms with Gasteiger partial charge in [0.2, 0.25) is 5.91 Å². The average Bonchev–Trinajstić information content (AvgIpc) is 2.30. The molecule has 0 spiro atoms. The Morgan fingerprint density at radius 3 is 2.61 bits per heavy atom. The number of carboxylic acids is 1. The van der Waals surface area contributed by atoms with Crippen molar-refractivity contribution in [1.29, 1.82) is 0 Å². The number of nitrogens with one attached hydrogen (secondary N) is 1. The van der Waals surface area contributed by atoms with E-state index in [1.54, 1.807) is 25.1 Å². The van der Waals surface area contributed by atoms with Crippen molar-refractivity contribution in [2.24, 2.45) is 5.92 Å². The number of rotatable bonds is 5. The Kier molecular flexibility index (Phi) is 4.71. The molecule has 1 atom stereocenters. The van der Waals surface area contributed by atoms with E-state index in [9.17, 15) is 9.59 Å². The second kappa shape index (κ2) is 6.05. The molecule has 0 saturated carbocycles. The zero-order chi connectivity index (χ0) is 13.7. The fraction of sp³-hybridized carbons (Fsp3) is 0.385. The fourth-order valence-electron chi connectivity index (χ4n) is 1.65. The first-order chi connectivity index (χ1) is 8.45. The van der Waals surface area contributed by atoms with Crippen molar-refractivity contribution < 1.29 is 19.4 Å². The summed E-state index contributed by atoms with van der Waals surface area (Å²) < 4.78 is 5.17. The second-order valence-electron chi connectivity index (χ2n) is 4.12. The molecule has 0 aliphatic rings. The topological polar surface area (TPSA) is 75.6 Å². The van der Waals surface area contributed by atoms with Gasteiger partial charge < -0.3 is 15.2 Å². The Balaban J connectivity index is 3.09. The lowest BCUT2D eigenvalue weighted by Gasteiger charge is -2.15. The highest BCUT2D eigenvalue weighted by atomic mass is 16.5. The first-order valence-electron chi connectivity index (χ1n) is 5.62. The van der Waals surface area contributed by atoms with E-state index in [1.807, 2.05) is 0 Å². The Morgan fingerprint density at radius 1 is 1.44 bits per heavy atom. The van der Waals surface area contributed by atoms with Crippen molar-refractivity contribution in [3.8, 4) is 5.75 Å². The van der Waals surface area contributed by atoms with Gasteiger partial charge in [-0.3, -0.25) is 9.59 Å². The van der Waals surface area contributed by atoms with E-state index in [4.69, 9.17) is 9.84 Å². The van der Waals surface area contributed by atoms with Crippen molar-refractivity contribution in [2.75, 3.05) is 12.4 Å². The number of methoxy groups -OCH3 is 1. The van der Waals surface area contributed by atoms with Crippen LogP contribution in [0.25, 0.3) is 0 Å². The number of carboxylic acid groups (broad SMARTS) is 1. The third-order valence-electron chi connectivity index (χ3n) is 2.58. The van der Waals surface area contributed by atoms with Crippen LogP contribution >= 0.6 is 0 Å². The van der Waals surface area contributed by atoms with Gasteiger partial charge in [0.1, 0.15) is 5.75 Å². The van der Waals surface area contributed by atoms with Crippen molar-refractivity contribution in [1.82, 2.24) is 0 Å². The predicted octanol–water partition coefficient (Wildman–Crippen LogP) is 1.92. The first-order valence-corrected chi connectivity index (χ1v) is 5.62. The number of para-hydroxylation sites is 1. The quantitative estimate of drug-likeness (QED) is 0.838. The summed E-state index contributed by atoms with van der Waals surface area (Å²) in [5, 5.41) is 11.6. The van der Waals surface area contributed by atoms with Gasteiger partial charge in [-0.05, 0) is 18.1 Å². The number of carbonyl (C=O) groups excluding carboxylic acids is 1. The highest BCUT2D eigenvalue weighted by molar-refractivity contribution is 5.91. The maximum absolute atomic E-state index is 11.2. The lowest BCUT2D eigenvalue weighted by molar-refractivity contribution is -0.141. The maximum Gasteiger partial charge on any atom is 0.306 e. The van der Waals surface area contributed by atoms with Crippen LogP contribution in [0.15, 0.2) is 18.2 Å². The number of anilines is 1. The largest absolute Gasteiger partial charge is 0.495 e. The summed E-state index contributed by atoms with van der Waals surface area (Å²) in [6.45, 7) is 3.02. The molecule has 5 nitrogen and oxygen atoms in total. The minimum atomic E-state index is -0.869. The molecule has 0 radical (unpaired) electrons. The first kappa shape index (κ1) is 14.0. The van der Waals surface area contributed by atoms with Gasteiger partial charge in [0.25, 0.3) is 0 Å². The van der Waals surface area contributed by atoms with Gasteiger partial charge in [-0.15, -0.1) is 0 Å². The molecule has 0 aliphatic carbocycles. The van der Waals surface area contributed by atoms with E-state index in [-0.39, 0.29) is 5.91 Å². The van der Waals surface area contributed by atoms with Crippen LogP contribution in [0.4, 0.5) is 5.69 Å². The van der Waals surface area contributed by atoms with Crippen molar-refractivity contribution in [3.63, 3.8) is 0 Å². The number of hydrogen-bond donors (Lipinski definition) is 2. The van der Waals surface area contributed by atoms with Crippen LogP contribution in [0.1, 0.15) is 19.4 Å². The molecule has 0 aromatic heterocycles. The summed E-state index contributed by atoms with van der Waals surface area (Å²) >= 11 is 0. The third kappa shape index (κ3) is 3.48. The molecule has 0 fully saturated rings.